The first kappa shape index (κ1) is 16.9. The molecule has 128 valence electrons. The average Bonchev–Trinajstić information content (AvgIpc) is 2.53. The van der Waals surface area contributed by atoms with Gasteiger partial charge in [0.15, 0.2) is 4.77 Å². The van der Waals surface area contributed by atoms with Crippen LogP contribution in [0.5, 0.6) is 0 Å². The Hall–Kier alpha value is -2.94. The molecule has 25 heavy (non-hydrogen) atoms. The molecule has 0 aliphatic carbocycles. The van der Waals surface area contributed by atoms with E-state index in [1.54, 1.807) is 0 Å². The van der Waals surface area contributed by atoms with Crippen LogP contribution in [0.25, 0.3) is 16.6 Å². The fraction of sp³-hybridized carbons (Fsp3) is 0.0625. The second-order valence-electron chi connectivity index (χ2n) is 5.17. The molecule has 9 heteroatoms. The number of carboxylic acids is 1. The van der Waals surface area contributed by atoms with Crippen molar-refractivity contribution >= 4 is 29.1 Å². The van der Waals surface area contributed by atoms with Gasteiger partial charge in [0.2, 0.25) is 0 Å². The average molecular weight is 365 g/mol. The molecule has 0 unspecified atom stereocenters. The number of alkyl halides is 3. The van der Waals surface area contributed by atoms with Gasteiger partial charge in [-0.15, -0.1) is 0 Å². The van der Waals surface area contributed by atoms with Crippen molar-refractivity contribution in [2.75, 3.05) is 0 Å². The number of aromatic amines is 1. The fourth-order valence-electron chi connectivity index (χ4n) is 2.40. The van der Waals surface area contributed by atoms with E-state index in [1.165, 1.54) is 30.3 Å². The number of carbonyl (C=O) groups is 1. The van der Waals surface area contributed by atoms with Gasteiger partial charge in [0.25, 0.3) is 5.56 Å². The molecule has 3 rings (SSSR count). The molecule has 0 saturated carbocycles. The predicted molar refractivity (Wildman–Crippen MR) is 84.1 cm³/mol. The van der Waals surface area contributed by atoms with Crippen molar-refractivity contribution in [2.45, 2.75) is 6.18 Å². The third-order valence-electron chi connectivity index (χ3n) is 3.57. The summed E-state index contributed by atoms with van der Waals surface area (Å²) in [7, 11) is 0. The zero-order valence-corrected chi connectivity index (χ0v) is 13.1. The molecule has 0 aliphatic heterocycles. The first-order chi connectivity index (χ1) is 11.7. The Balaban J connectivity index is 2.28. The number of halogens is 3. The number of hydrogen-bond acceptors (Lipinski definition) is 4. The molecule has 3 aromatic rings. The molecule has 2 aromatic carbocycles. The lowest BCUT2D eigenvalue weighted by Crippen LogP contribution is -2.24. The molecule has 0 amide bonds. The monoisotopic (exact) mass is 365 g/mol. The van der Waals surface area contributed by atoms with Crippen molar-refractivity contribution < 1.29 is 23.1 Å². The molecule has 0 radical (unpaired) electrons. The summed E-state index contributed by atoms with van der Waals surface area (Å²) in [5, 5.41) is 11.0. The molecular formula is C16H8F3N2O3S-. The number of carboxylic acid groups (broad SMARTS) is 1. The second kappa shape index (κ2) is 5.85. The minimum atomic E-state index is -4.56. The van der Waals surface area contributed by atoms with Crippen LogP contribution in [0.3, 0.4) is 0 Å². The normalized spacial score (nSPS) is 11.6. The van der Waals surface area contributed by atoms with Crippen LogP contribution < -0.4 is 10.7 Å². The van der Waals surface area contributed by atoms with Crippen molar-refractivity contribution in [3.63, 3.8) is 0 Å². The number of fused-ring (bicyclic) bond motifs is 1. The van der Waals surface area contributed by atoms with E-state index >= 15 is 0 Å². The predicted octanol–water partition coefficient (Wildman–Crippen LogP) is 2.43. The van der Waals surface area contributed by atoms with Gasteiger partial charge in [-0.2, -0.15) is 13.2 Å². The lowest BCUT2D eigenvalue weighted by molar-refractivity contribution is -0.255. The highest BCUT2D eigenvalue weighted by Crippen LogP contribution is 2.30. The summed E-state index contributed by atoms with van der Waals surface area (Å²) in [5.74, 6) is -1.43. The molecule has 0 saturated heterocycles. The van der Waals surface area contributed by atoms with Crippen molar-refractivity contribution in [2.24, 2.45) is 0 Å². The zero-order valence-electron chi connectivity index (χ0n) is 12.3. The van der Waals surface area contributed by atoms with E-state index in [9.17, 15) is 27.9 Å². The number of nitrogens with zero attached hydrogens (tertiary/aromatic N) is 1. The van der Waals surface area contributed by atoms with Crippen LogP contribution in [0.1, 0.15) is 15.9 Å². The first-order valence-electron chi connectivity index (χ1n) is 6.86. The maximum absolute atomic E-state index is 12.9. The van der Waals surface area contributed by atoms with Crippen molar-refractivity contribution in [3.05, 3.63) is 68.7 Å². The summed E-state index contributed by atoms with van der Waals surface area (Å²) in [5.41, 5.74) is -1.64. The summed E-state index contributed by atoms with van der Waals surface area (Å²) < 4.78 is 39.4. The van der Waals surface area contributed by atoms with E-state index in [0.717, 1.165) is 16.7 Å². The fourth-order valence-corrected chi connectivity index (χ4v) is 2.70. The van der Waals surface area contributed by atoms with Crippen LogP contribution in [0.15, 0.2) is 47.3 Å². The van der Waals surface area contributed by atoms with Crippen LogP contribution >= 0.6 is 12.2 Å². The molecule has 0 spiro atoms. The lowest BCUT2D eigenvalue weighted by Gasteiger charge is -2.12. The number of rotatable bonds is 2. The maximum Gasteiger partial charge on any atom is 0.416 e. The van der Waals surface area contributed by atoms with Crippen molar-refractivity contribution in [1.82, 2.24) is 9.55 Å². The summed E-state index contributed by atoms with van der Waals surface area (Å²) >= 11 is 5.06. The summed E-state index contributed by atoms with van der Waals surface area (Å²) in [4.78, 5) is 26.2. The summed E-state index contributed by atoms with van der Waals surface area (Å²) in [6.45, 7) is 0. The van der Waals surface area contributed by atoms with E-state index in [0.29, 0.717) is 0 Å². The highest BCUT2D eigenvalue weighted by molar-refractivity contribution is 7.71. The highest BCUT2D eigenvalue weighted by atomic mass is 32.1. The van der Waals surface area contributed by atoms with E-state index in [2.05, 4.69) is 4.98 Å². The number of benzene rings is 2. The number of nitrogens with one attached hydrogen (secondary N) is 1. The Morgan fingerprint density at radius 3 is 2.52 bits per heavy atom. The molecule has 0 fully saturated rings. The van der Waals surface area contributed by atoms with E-state index in [-0.39, 0.29) is 26.9 Å². The van der Waals surface area contributed by atoms with Gasteiger partial charge in [-0.05, 0) is 48.1 Å². The molecule has 1 heterocycles. The standard InChI is InChI=1S/C16H9F3N2O3S/c17-16(18,19)9-2-1-3-10(7-9)21-13(22)11-5-4-8(14(23)24)6-12(11)20-15(21)25/h1-7H,(H,20,25)(H,23,24)/p-1. The van der Waals surface area contributed by atoms with Crippen LogP contribution in [-0.2, 0) is 6.18 Å². The smallest absolute Gasteiger partial charge is 0.416 e. The third kappa shape index (κ3) is 3.05. The zero-order chi connectivity index (χ0) is 18.4. The van der Waals surface area contributed by atoms with Crippen LogP contribution in [0, 0.1) is 4.77 Å². The molecule has 1 aromatic heterocycles. The summed E-state index contributed by atoms with van der Waals surface area (Å²) in [6.07, 6.45) is -4.56. The van der Waals surface area contributed by atoms with Gasteiger partial charge < -0.3 is 14.9 Å². The highest BCUT2D eigenvalue weighted by Gasteiger charge is 2.30. The Labute approximate surface area is 143 Å². The van der Waals surface area contributed by atoms with E-state index < -0.39 is 23.3 Å². The van der Waals surface area contributed by atoms with Gasteiger partial charge in [-0.3, -0.25) is 9.36 Å². The number of aromatic carboxylic acids is 1. The van der Waals surface area contributed by atoms with Gasteiger partial charge in [-0.1, -0.05) is 12.1 Å². The topological polar surface area (TPSA) is 77.9 Å². The van der Waals surface area contributed by atoms with Gasteiger partial charge >= 0.3 is 6.18 Å². The minimum Gasteiger partial charge on any atom is -0.545 e. The van der Waals surface area contributed by atoms with Crippen molar-refractivity contribution in [1.29, 1.82) is 0 Å². The van der Waals surface area contributed by atoms with E-state index in [4.69, 9.17) is 12.2 Å². The van der Waals surface area contributed by atoms with Crippen molar-refractivity contribution in [3.8, 4) is 5.69 Å². The SMILES string of the molecule is O=C([O-])c1ccc2c(=O)n(-c3cccc(C(F)(F)F)c3)c(=S)[nH]c2c1. The Morgan fingerprint density at radius 2 is 1.88 bits per heavy atom. The molecule has 1 N–H and O–H groups in total. The maximum atomic E-state index is 12.9. The molecule has 0 aliphatic rings. The Bertz CT molecular complexity index is 1120. The Kier molecular flexibility index (Phi) is 3.96. The van der Waals surface area contributed by atoms with Gasteiger partial charge in [-0.25, -0.2) is 0 Å². The number of H-pyrrole nitrogens is 1. The Morgan fingerprint density at radius 1 is 1.16 bits per heavy atom. The first-order valence-corrected chi connectivity index (χ1v) is 7.27. The second-order valence-corrected chi connectivity index (χ2v) is 5.55. The van der Waals surface area contributed by atoms with E-state index in [1.807, 2.05) is 0 Å². The molecular weight excluding hydrogens is 357 g/mol. The number of carbonyl (C=O) groups excluding carboxylic acids is 1. The largest absolute Gasteiger partial charge is 0.545 e. The lowest BCUT2D eigenvalue weighted by atomic mass is 10.1. The van der Waals surface area contributed by atoms with Crippen LogP contribution in [0.2, 0.25) is 0 Å². The molecule has 5 nitrogen and oxygen atoms in total. The third-order valence-corrected chi connectivity index (χ3v) is 3.85. The minimum absolute atomic E-state index is 0.0491. The van der Waals surface area contributed by atoms with Gasteiger partial charge in [0.05, 0.1) is 28.1 Å². The van der Waals surface area contributed by atoms with Gasteiger partial charge in [0, 0.05) is 0 Å². The number of aromatic nitrogens is 2. The van der Waals surface area contributed by atoms with Gasteiger partial charge in [0.1, 0.15) is 0 Å². The number of hydrogen-bond donors (Lipinski definition) is 1. The molecule has 0 bridgehead atoms. The quantitative estimate of drug-likeness (QED) is 0.708. The molecule has 0 atom stereocenters. The van der Waals surface area contributed by atoms with Crippen LogP contribution in [-0.4, -0.2) is 15.5 Å². The summed E-state index contributed by atoms with van der Waals surface area (Å²) in [6, 6.07) is 7.79. The van der Waals surface area contributed by atoms with Crippen LogP contribution in [0.4, 0.5) is 13.2 Å².